The molecule has 0 bridgehead atoms. The maximum atomic E-state index is 13.6. The van der Waals surface area contributed by atoms with Gasteiger partial charge in [0.15, 0.2) is 6.61 Å². The first kappa shape index (κ1) is 26.5. The van der Waals surface area contributed by atoms with E-state index in [1.165, 1.54) is 0 Å². The van der Waals surface area contributed by atoms with Crippen LogP contribution in [0.3, 0.4) is 0 Å². The molecule has 2 unspecified atom stereocenters. The second kappa shape index (κ2) is 13.1. The van der Waals surface area contributed by atoms with E-state index < -0.39 is 6.04 Å². The minimum atomic E-state index is -0.677. The van der Waals surface area contributed by atoms with Crippen molar-refractivity contribution in [3.05, 3.63) is 100 Å². The van der Waals surface area contributed by atoms with E-state index in [9.17, 15) is 9.59 Å². The largest absolute Gasteiger partial charge is 0.484 e. The van der Waals surface area contributed by atoms with Crippen LogP contribution in [0.4, 0.5) is 0 Å². The molecular formula is C29H33BrN2O3. The Hall–Kier alpha value is -3.12. The number of nitrogens with zero attached hydrogens (tertiary/aromatic N) is 1. The number of carbonyl (C=O) groups is 2. The van der Waals surface area contributed by atoms with Crippen molar-refractivity contribution in [1.29, 1.82) is 0 Å². The molecule has 2 amide bonds. The molecule has 184 valence electrons. The summed E-state index contributed by atoms with van der Waals surface area (Å²) < 4.78 is 6.79. The normalized spacial score (nSPS) is 12.5. The van der Waals surface area contributed by atoms with Crippen molar-refractivity contribution in [2.75, 3.05) is 6.61 Å². The molecule has 3 aromatic rings. The van der Waals surface area contributed by atoms with Gasteiger partial charge in [-0.3, -0.25) is 9.59 Å². The van der Waals surface area contributed by atoms with Gasteiger partial charge in [0.2, 0.25) is 5.91 Å². The molecule has 6 heteroatoms. The highest BCUT2D eigenvalue weighted by molar-refractivity contribution is 9.10. The fourth-order valence-corrected chi connectivity index (χ4v) is 3.98. The molecule has 2 atom stereocenters. The summed E-state index contributed by atoms with van der Waals surface area (Å²) in [4.78, 5) is 28.7. The van der Waals surface area contributed by atoms with Crippen LogP contribution in [0.15, 0.2) is 83.3 Å². The molecule has 0 aliphatic rings. The van der Waals surface area contributed by atoms with Crippen molar-refractivity contribution in [3.63, 3.8) is 0 Å². The molecule has 0 saturated carbocycles. The van der Waals surface area contributed by atoms with Gasteiger partial charge in [0, 0.05) is 23.5 Å². The van der Waals surface area contributed by atoms with E-state index in [-0.39, 0.29) is 24.5 Å². The van der Waals surface area contributed by atoms with Gasteiger partial charge in [-0.15, -0.1) is 0 Å². The Kier molecular flexibility index (Phi) is 9.91. The number of carbonyl (C=O) groups excluding carboxylic acids is 2. The molecule has 1 N–H and O–H groups in total. The molecule has 3 rings (SSSR count). The Balaban J connectivity index is 1.90. The van der Waals surface area contributed by atoms with Gasteiger partial charge in [0.25, 0.3) is 5.91 Å². The number of ether oxygens (including phenoxy) is 1. The Labute approximate surface area is 216 Å². The van der Waals surface area contributed by atoms with Crippen LogP contribution in [0, 0.1) is 6.92 Å². The first-order valence-electron chi connectivity index (χ1n) is 11.9. The fraction of sp³-hybridized carbons (Fsp3) is 0.310. The van der Waals surface area contributed by atoms with Crippen molar-refractivity contribution in [2.45, 2.75) is 52.2 Å². The summed E-state index contributed by atoms with van der Waals surface area (Å²) in [6.07, 6.45) is 1.22. The summed E-state index contributed by atoms with van der Waals surface area (Å²) in [5.74, 6) is 0.226. The van der Waals surface area contributed by atoms with E-state index in [0.717, 1.165) is 27.6 Å². The fourth-order valence-electron chi connectivity index (χ4n) is 3.71. The third-order valence-electron chi connectivity index (χ3n) is 5.89. The third kappa shape index (κ3) is 8.25. The van der Waals surface area contributed by atoms with Gasteiger partial charge in [-0.2, -0.15) is 0 Å². The van der Waals surface area contributed by atoms with Crippen LogP contribution in [-0.2, 0) is 22.6 Å². The van der Waals surface area contributed by atoms with Crippen LogP contribution in [0.5, 0.6) is 5.75 Å². The van der Waals surface area contributed by atoms with Gasteiger partial charge >= 0.3 is 0 Å². The van der Waals surface area contributed by atoms with Gasteiger partial charge in [-0.1, -0.05) is 77.5 Å². The van der Waals surface area contributed by atoms with Crippen LogP contribution in [-0.4, -0.2) is 35.4 Å². The first-order valence-corrected chi connectivity index (χ1v) is 12.7. The minimum absolute atomic E-state index is 0.00829. The summed E-state index contributed by atoms with van der Waals surface area (Å²) >= 11 is 3.46. The van der Waals surface area contributed by atoms with Crippen LogP contribution in [0.2, 0.25) is 0 Å². The summed E-state index contributed by atoms with van der Waals surface area (Å²) in [5, 5.41) is 3.08. The van der Waals surface area contributed by atoms with Crippen molar-refractivity contribution >= 4 is 27.7 Å². The summed E-state index contributed by atoms with van der Waals surface area (Å²) in [6.45, 7) is 6.12. The lowest BCUT2D eigenvalue weighted by Crippen LogP contribution is -2.53. The molecule has 0 heterocycles. The van der Waals surface area contributed by atoms with E-state index in [1.807, 2.05) is 99.6 Å². The number of amides is 2. The maximum Gasteiger partial charge on any atom is 0.261 e. The Morgan fingerprint density at radius 3 is 2.34 bits per heavy atom. The highest BCUT2D eigenvalue weighted by atomic mass is 79.9. The summed E-state index contributed by atoms with van der Waals surface area (Å²) in [6, 6.07) is 24.5. The van der Waals surface area contributed by atoms with Gasteiger partial charge in [0.05, 0.1) is 0 Å². The zero-order valence-corrected chi connectivity index (χ0v) is 22.1. The maximum absolute atomic E-state index is 13.6. The monoisotopic (exact) mass is 536 g/mol. The van der Waals surface area contributed by atoms with Gasteiger partial charge < -0.3 is 15.0 Å². The molecule has 3 aromatic carbocycles. The standard InChI is InChI=1S/C29H33BrN2O3/c1-4-22(3)31-29(34)27(18-23-10-6-5-7-11-23)32(19-24-13-15-25(30)16-14-24)28(33)20-35-26-12-8-9-21(2)17-26/h5-17,22,27H,4,18-20H2,1-3H3,(H,31,34). The molecule has 0 spiro atoms. The summed E-state index contributed by atoms with van der Waals surface area (Å²) in [5.41, 5.74) is 2.98. The zero-order chi connectivity index (χ0) is 25.2. The SMILES string of the molecule is CCC(C)NC(=O)C(Cc1ccccc1)N(Cc1ccc(Br)cc1)C(=O)COc1cccc(C)c1. The Morgan fingerprint density at radius 1 is 0.971 bits per heavy atom. The molecule has 35 heavy (non-hydrogen) atoms. The Morgan fingerprint density at radius 2 is 1.69 bits per heavy atom. The van der Waals surface area contributed by atoms with Crippen molar-refractivity contribution in [3.8, 4) is 5.75 Å². The molecule has 0 aliphatic carbocycles. The molecule has 0 radical (unpaired) electrons. The topological polar surface area (TPSA) is 58.6 Å². The molecular weight excluding hydrogens is 504 g/mol. The van der Waals surface area contributed by atoms with Gasteiger partial charge in [0.1, 0.15) is 11.8 Å². The second-order valence-electron chi connectivity index (χ2n) is 8.78. The zero-order valence-electron chi connectivity index (χ0n) is 20.5. The highest BCUT2D eigenvalue weighted by Crippen LogP contribution is 2.18. The number of rotatable bonds is 11. The lowest BCUT2D eigenvalue weighted by Gasteiger charge is -2.32. The number of hydrogen-bond donors (Lipinski definition) is 1. The van der Waals surface area contributed by atoms with E-state index in [0.29, 0.717) is 18.7 Å². The van der Waals surface area contributed by atoms with E-state index in [2.05, 4.69) is 21.2 Å². The van der Waals surface area contributed by atoms with Crippen molar-refractivity contribution in [1.82, 2.24) is 10.2 Å². The third-order valence-corrected chi connectivity index (χ3v) is 6.42. The molecule has 0 aliphatic heterocycles. The van der Waals surface area contributed by atoms with E-state index >= 15 is 0 Å². The average molecular weight is 537 g/mol. The van der Waals surface area contributed by atoms with E-state index in [4.69, 9.17) is 4.74 Å². The lowest BCUT2D eigenvalue weighted by molar-refractivity contribution is -0.143. The van der Waals surface area contributed by atoms with Crippen LogP contribution >= 0.6 is 15.9 Å². The molecule has 0 saturated heterocycles. The number of nitrogens with one attached hydrogen (secondary N) is 1. The quantitative estimate of drug-likeness (QED) is 0.342. The van der Waals surface area contributed by atoms with Crippen LogP contribution in [0.25, 0.3) is 0 Å². The molecule has 0 fully saturated rings. The summed E-state index contributed by atoms with van der Waals surface area (Å²) in [7, 11) is 0. The molecule has 0 aromatic heterocycles. The first-order chi connectivity index (χ1) is 16.9. The van der Waals surface area contributed by atoms with Crippen molar-refractivity contribution in [2.24, 2.45) is 0 Å². The highest BCUT2D eigenvalue weighted by Gasteiger charge is 2.31. The van der Waals surface area contributed by atoms with Crippen LogP contribution < -0.4 is 10.1 Å². The minimum Gasteiger partial charge on any atom is -0.484 e. The lowest BCUT2D eigenvalue weighted by atomic mass is 10.0. The number of aryl methyl sites for hydroxylation is 1. The van der Waals surface area contributed by atoms with Gasteiger partial charge in [-0.05, 0) is 61.2 Å². The van der Waals surface area contributed by atoms with Crippen LogP contribution in [0.1, 0.15) is 37.0 Å². The smallest absolute Gasteiger partial charge is 0.261 e. The molecule has 5 nitrogen and oxygen atoms in total. The van der Waals surface area contributed by atoms with Crippen molar-refractivity contribution < 1.29 is 14.3 Å². The number of hydrogen-bond acceptors (Lipinski definition) is 3. The number of benzene rings is 3. The predicted molar refractivity (Wildman–Crippen MR) is 143 cm³/mol. The van der Waals surface area contributed by atoms with Gasteiger partial charge in [-0.25, -0.2) is 0 Å². The number of halogens is 1. The predicted octanol–water partition coefficient (Wildman–Crippen LogP) is 5.69. The Bertz CT molecular complexity index is 1100. The van der Waals surface area contributed by atoms with E-state index in [1.54, 1.807) is 4.90 Å². The average Bonchev–Trinajstić information content (AvgIpc) is 2.86. The second-order valence-corrected chi connectivity index (χ2v) is 9.69.